The highest BCUT2D eigenvalue weighted by atomic mass is 35.5. The van der Waals surface area contributed by atoms with Crippen molar-refractivity contribution in [2.24, 2.45) is 0 Å². The van der Waals surface area contributed by atoms with Gasteiger partial charge in [-0.25, -0.2) is 9.48 Å². The van der Waals surface area contributed by atoms with Crippen LogP contribution in [-0.2, 0) is 16.1 Å². The number of benzene rings is 3. The smallest absolute Gasteiger partial charge is 0.338 e. The lowest BCUT2D eigenvalue weighted by Crippen LogP contribution is -2.29. The monoisotopic (exact) mass is 550 g/mol. The van der Waals surface area contributed by atoms with Crippen LogP contribution >= 0.6 is 23.2 Å². The van der Waals surface area contributed by atoms with Gasteiger partial charge in [-0.2, -0.15) is 10.1 Å². The molecule has 0 aliphatic carbocycles. The van der Waals surface area contributed by atoms with Crippen LogP contribution in [0.4, 0.5) is 5.95 Å². The van der Waals surface area contributed by atoms with Crippen LogP contribution in [0.15, 0.2) is 78.6 Å². The summed E-state index contributed by atoms with van der Waals surface area (Å²) in [4.78, 5) is 17.6. The van der Waals surface area contributed by atoms with E-state index in [0.717, 1.165) is 16.7 Å². The van der Waals surface area contributed by atoms with E-state index >= 15 is 0 Å². The number of nitrogens with one attached hydrogen (secondary N) is 1. The number of aromatic nitrogens is 3. The molecule has 0 saturated carbocycles. The summed E-state index contributed by atoms with van der Waals surface area (Å²) in [5, 5.41) is 8.72. The second kappa shape index (κ2) is 11.2. The van der Waals surface area contributed by atoms with Crippen LogP contribution in [0.3, 0.4) is 0 Å². The summed E-state index contributed by atoms with van der Waals surface area (Å²) in [5.74, 6) is 1.05. The van der Waals surface area contributed by atoms with E-state index in [-0.39, 0.29) is 6.61 Å². The second-order valence-corrected chi connectivity index (χ2v) is 9.21. The van der Waals surface area contributed by atoms with Gasteiger partial charge in [0.1, 0.15) is 19.0 Å². The largest absolute Gasteiger partial charge is 0.490 e. The van der Waals surface area contributed by atoms with Crippen LogP contribution in [0, 0.1) is 0 Å². The van der Waals surface area contributed by atoms with Crippen LogP contribution < -0.4 is 14.8 Å². The molecule has 3 aromatic carbocycles. The molecule has 4 aromatic rings. The van der Waals surface area contributed by atoms with E-state index in [9.17, 15) is 4.79 Å². The first-order valence-electron chi connectivity index (χ1n) is 11.9. The van der Waals surface area contributed by atoms with Crippen molar-refractivity contribution in [1.29, 1.82) is 0 Å². The number of rotatable bonds is 8. The Bertz CT molecular complexity index is 1500. The van der Waals surface area contributed by atoms with E-state index in [1.165, 1.54) is 13.4 Å². The SMILES string of the molecule is CCOc1cc([C@@H]2C(C(=O)OC)=C(c3ccccc3)Nc3ncnn32)ccc1OCc1ccc(Cl)cc1Cl. The molecule has 2 heterocycles. The molecule has 0 unspecified atom stereocenters. The molecule has 0 bridgehead atoms. The summed E-state index contributed by atoms with van der Waals surface area (Å²) in [6.07, 6.45) is 1.44. The Kier molecular flexibility index (Phi) is 7.53. The van der Waals surface area contributed by atoms with Crippen LogP contribution in [0.5, 0.6) is 11.5 Å². The Balaban J connectivity index is 1.57. The molecule has 38 heavy (non-hydrogen) atoms. The van der Waals surface area contributed by atoms with Crippen molar-refractivity contribution < 1.29 is 19.0 Å². The third-order valence-corrected chi connectivity index (χ3v) is 6.63. The van der Waals surface area contributed by atoms with Gasteiger partial charge in [0.25, 0.3) is 0 Å². The molecule has 1 aliphatic heterocycles. The third-order valence-electron chi connectivity index (χ3n) is 6.05. The maximum atomic E-state index is 13.2. The van der Waals surface area contributed by atoms with Gasteiger partial charge in [-0.1, -0.05) is 65.7 Å². The Morgan fingerprint density at radius 2 is 1.84 bits per heavy atom. The molecule has 1 atom stereocenters. The summed E-state index contributed by atoms with van der Waals surface area (Å²) in [7, 11) is 1.36. The fourth-order valence-electron chi connectivity index (χ4n) is 4.31. The fraction of sp³-hybridized carbons (Fsp3) is 0.179. The van der Waals surface area contributed by atoms with Gasteiger partial charge in [0.2, 0.25) is 5.95 Å². The van der Waals surface area contributed by atoms with E-state index in [2.05, 4.69) is 15.4 Å². The molecule has 0 saturated heterocycles. The number of fused-ring (bicyclic) bond motifs is 1. The Hall–Kier alpha value is -4.01. The molecule has 1 N–H and O–H groups in total. The number of methoxy groups -OCH3 is 1. The highest BCUT2D eigenvalue weighted by Crippen LogP contribution is 2.41. The van der Waals surface area contributed by atoms with E-state index < -0.39 is 12.0 Å². The molecule has 8 nitrogen and oxygen atoms in total. The standard InChI is InChI=1S/C28H24Cl2N4O4/c1-3-37-23-13-18(10-12-22(23)38-15-19-9-11-20(29)14-21(19)30)26-24(27(35)36-2)25(17-7-5-4-6-8-17)33-28-31-16-32-34(26)28/h4-14,16,26H,3,15H2,1-2H3,(H,31,32,33)/t26-/m1/s1. The van der Waals surface area contributed by atoms with Crippen LogP contribution in [0.25, 0.3) is 5.70 Å². The zero-order chi connectivity index (χ0) is 26.6. The van der Waals surface area contributed by atoms with Crippen molar-refractivity contribution in [3.63, 3.8) is 0 Å². The van der Waals surface area contributed by atoms with Crippen molar-refractivity contribution in [3.8, 4) is 11.5 Å². The minimum absolute atomic E-state index is 0.224. The van der Waals surface area contributed by atoms with Crippen molar-refractivity contribution in [3.05, 3.63) is 105 Å². The maximum Gasteiger partial charge on any atom is 0.338 e. The first-order chi connectivity index (χ1) is 18.5. The van der Waals surface area contributed by atoms with Gasteiger partial charge in [-0.3, -0.25) is 0 Å². The molecule has 5 rings (SSSR count). The lowest BCUT2D eigenvalue weighted by Gasteiger charge is -2.29. The maximum absolute atomic E-state index is 13.2. The van der Waals surface area contributed by atoms with Gasteiger partial charge >= 0.3 is 5.97 Å². The highest BCUT2D eigenvalue weighted by Gasteiger charge is 2.36. The molecule has 0 radical (unpaired) electrons. The number of anilines is 1. The lowest BCUT2D eigenvalue weighted by molar-refractivity contribution is -0.136. The number of esters is 1. The van der Waals surface area contributed by atoms with Crippen molar-refractivity contribution in [2.75, 3.05) is 19.0 Å². The predicted octanol–water partition coefficient (Wildman–Crippen LogP) is 6.16. The number of carbonyl (C=O) groups is 1. The summed E-state index contributed by atoms with van der Waals surface area (Å²) in [6, 6.07) is 19.7. The van der Waals surface area contributed by atoms with Crippen LogP contribution in [0.2, 0.25) is 10.0 Å². The predicted molar refractivity (Wildman–Crippen MR) is 146 cm³/mol. The summed E-state index contributed by atoms with van der Waals surface area (Å²) < 4.78 is 18.9. The van der Waals surface area contributed by atoms with Crippen LogP contribution in [-0.4, -0.2) is 34.5 Å². The van der Waals surface area contributed by atoms with Gasteiger partial charge < -0.3 is 19.5 Å². The second-order valence-electron chi connectivity index (χ2n) is 8.37. The highest BCUT2D eigenvalue weighted by molar-refractivity contribution is 6.35. The third kappa shape index (κ3) is 5.05. The van der Waals surface area contributed by atoms with Crippen molar-refractivity contribution in [1.82, 2.24) is 14.8 Å². The molecular formula is C28H24Cl2N4O4. The first kappa shape index (κ1) is 25.6. The van der Waals surface area contributed by atoms with E-state index in [4.69, 9.17) is 37.4 Å². The number of nitrogens with zero attached hydrogens (tertiary/aromatic N) is 3. The molecular weight excluding hydrogens is 527 g/mol. The zero-order valence-electron chi connectivity index (χ0n) is 20.7. The summed E-state index contributed by atoms with van der Waals surface area (Å²) >= 11 is 12.3. The number of ether oxygens (including phenoxy) is 3. The van der Waals surface area contributed by atoms with Crippen LogP contribution in [0.1, 0.15) is 29.7 Å². The molecule has 0 spiro atoms. The van der Waals surface area contributed by atoms with E-state index in [1.807, 2.05) is 55.5 Å². The quantitative estimate of drug-likeness (QED) is 0.263. The number of carbonyl (C=O) groups excluding carboxylic acids is 1. The van der Waals surface area contributed by atoms with Gasteiger partial charge in [0.05, 0.1) is 25.0 Å². The summed E-state index contributed by atoms with van der Waals surface area (Å²) in [5.41, 5.74) is 3.33. The number of halogens is 2. The normalized spacial score (nSPS) is 14.5. The van der Waals surface area contributed by atoms with Gasteiger partial charge in [-0.15, -0.1) is 0 Å². The first-order valence-corrected chi connectivity index (χ1v) is 12.6. The minimum Gasteiger partial charge on any atom is -0.490 e. The van der Waals surface area contributed by atoms with Gasteiger partial charge in [-0.05, 0) is 42.3 Å². The van der Waals surface area contributed by atoms with Gasteiger partial charge in [0, 0.05) is 15.6 Å². The van der Waals surface area contributed by atoms with E-state index in [0.29, 0.717) is 45.4 Å². The molecule has 1 aliphatic rings. The van der Waals surface area contributed by atoms with Crippen molar-refractivity contribution >= 4 is 40.8 Å². The molecule has 194 valence electrons. The fourth-order valence-corrected chi connectivity index (χ4v) is 4.77. The molecule has 1 aromatic heterocycles. The Morgan fingerprint density at radius 3 is 2.58 bits per heavy atom. The Labute approximate surface area is 229 Å². The average Bonchev–Trinajstić information content (AvgIpc) is 3.41. The molecule has 0 amide bonds. The molecule has 10 heteroatoms. The van der Waals surface area contributed by atoms with Crippen molar-refractivity contribution in [2.45, 2.75) is 19.6 Å². The number of hydrogen-bond acceptors (Lipinski definition) is 7. The van der Waals surface area contributed by atoms with E-state index in [1.54, 1.807) is 22.9 Å². The number of hydrogen-bond donors (Lipinski definition) is 1. The topological polar surface area (TPSA) is 87.5 Å². The summed E-state index contributed by atoms with van der Waals surface area (Å²) in [6.45, 7) is 2.53. The zero-order valence-corrected chi connectivity index (χ0v) is 22.2. The Morgan fingerprint density at radius 1 is 1.03 bits per heavy atom. The lowest BCUT2D eigenvalue weighted by atomic mass is 9.92. The minimum atomic E-state index is -0.629. The van der Waals surface area contributed by atoms with Gasteiger partial charge in [0.15, 0.2) is 11.5 Å². The molecule has 0 fully saturated rings. The average molecular weight is 551 g/mol.